The van der Waals surface area contributed by atoms with Gasteiger partial charge in [-0.05, 0) is 24.6 Å². The Kier molecular flexibility index (Phi) is 4.10. The highest BCUT2D eigenvalue weighted by atomic mass is 32.1. The van der Waals surface area contributed by atoms with Crippen LogP contribution in [0.5, 0.6) is 0 Å². The number of aryl methyl sites for hydroxylation is 1. The Morgan fingerprint density at radius 1 is 1.35 bits per heavy atom. The third-order valence-electron chi connectivity index (χ3n) is 2.72. The van der Waals surface area contributed by atoms with Crippen molar-refractivity contribution in [3.63, 3.8) is 0 Å². The van der Waals surface area contributed by atoms with Gasteiger partial charge in [0.15, 0.2) is 0 Å². The third-order valence-corrected chi connectivity index (χ3v) is 3.71. The van der Waals surface area contributed by atoms with Crippen molar-refractivity contribution < 1.29 is 22.7 Å². The third kappa shape index (κ3) is 3.34. The van der Waals surface area contributed by atoms with Crippen LogP contribution in [0.4, 0.5) is 17.6 Å². The molecule has 0 aliphatic carbocycles. The number of aliphatic hydroxyl groups excluding tert-OH is 1. The first kappa shape index (κ1) is 14.9. The fraction of sp³-hybridized carbons (Fsp3) is 0.308. The second-order valence-corrected chi connectivity index (χ2v) is 5.28. The normalized spacial score (nSPS) is 13.5. The number of aliphatic hydroxyl groups is 1. The number of benzene rings is 1. The Labute approximate surface area is 116 Å². The quantitative estimate of drug-likeness (QED) is 0.873. The molecule has 7 heteroatoms. The van der Waals surface area contributed by atoms with Gasteiger partial charge in [-0.1, -0.05) is 6.07 Å². The predicted molar refractivity (Wildman–Crippen MR) is 66.9 cm³/mol. The molecule has 108 valence electrons. The van der Waals surface area contributed by atoms with Crippen molar-refractivity contribution in [1.29, 1.82) is 0 Å². The second kappa shape index (κ2) is 5.49. The minimum absolute atomic E-state index is 0.100. The van der Waals surface area contributed by atoms with Gasteiger partial charge in [0.25, 0.3) is 0 Å². The van der Waals surface area contributed by atoms with E-state index >= 15 is 0 Å². The van der Waals surface area contributed by atoms with Gasteiger partial charge in [-0.2, -0.15) is 13.2 Å². The van der Waals surface area contributed by atoms with E-state index < -0.39 is 23.7 Å². The lowest BCUT2D eigenvalue weighted by atomic mass is 10.0. The molecule has 1 aromatic carbocycles. The van der Waals surface area contributed by atoms with Crippen molar-refractivity contribution in [2.45, 2.75) is 25.6 Å². The zero-order valence-electron chi connectivity index (χ0n) is 10.4. The molecule has 0 aliphatic rings. The molecule has 0 radical (unpaired) electrons. The molecular formula is C13H11F4NOS. The van der Waals surface area contributed by atoms with Gasteiger partial charge >= 0.3 is 6.18 Å². The molecule has 0 saturated heterocycles. The van der Waals surface area contributed by atoms with Gasteiger partial charge in [0, 0.05) is 17.5 Å². The molecule has 0 saturated carbocycles. The minimum Gasteiger partial charge on any atom is -0.388 e. The summed E-state index contributed by atoms with van der Waals surface area (Å²) in [6.07, 6.45) is -5.68. The number of alkyl halides is 3. The average molecular weight is 305 g/mol. The smallest absolute Gasteiger partial charge is 0.388 e. The van der Waals surface area contributed by atoms with Gasteiger partial charge in [-0.25, -0.2) is 9.37 Å². The van der Waals surface area contributed by atoms with E-state index in [-0.39, 0.29) is 12.0 Å². The Balaban J connectivity index is 2.19. The maximum atomic E-state index is 13.4. The summed E-state index contributed by atoms with van der Waals surface area (Å²) in [5.74, 6) is -1.38. The summed E-state index contributed by atoms with van der Waals surface area (Å²) < 4.78 is 50.7. The van der Waals surface area contributed by atoms with Crippen LogP contribution in [0.2, 0.25) is 0 Å². The monoisotopic (exact) mass is 305 g/mol. The van der Waals surface area contributed by atoms with E-state index in [4.69, 9.17) is 0 Å². The van der Waals surface area contributed by atoms with Crippen LogP contribution in [-0.4, -0.2) is 10.1 Å². The highest BCUT2D eigenvalue weighted by molar-refractivity contribution is 7.09. The van der Waals surface area contributed by atoms with E-state index in [0.29, 0.717) is 17.1 Å². The lowest BCUT2D eigenvalue weighted by molar-refractivity contribution is -0.140. The van der Waals surface area contributed by atoms with Crippen LogP contribution in [0, 0.1) is 12.7 Å². The van der Waals surface area contributed by atoms with Crippen LogP contribution >= 0.6 is 11.3 Å². The molecule has 2 nitrogen and oxygen atoms in total. The van der Waals surface area contributed by atoms with Crippen molar-refractivity contribution in [2.75, 3.05) is 0 Å². The Morgan fingerprint density at radius 3 is 2.55 bits per heavy atom. The highest BCUT2D eigenvalue weighted by Gasteiger charge is 2.34. The van der Waals surface area contributed by atoms with E-state index in [1.165, 1.54) is 11.3 Å². The second-order valence-electron chi connectivity index (χ2n) is 4.34. The van der Waals surface area contributed by atoms with E-state index in [2.05, 4.69) is 4.98 Å². The Morgan fingerprint density at radius 2 is 2.05 bits per heavy atom. The molecule has 1 atom stereocenters. The molecule has 0 spiro atoms. The summed E-state index contributed by atoms with van der Waals surface area (Å²) in [6, 6.07) is 2.44. The van der Waals surface area contributed by atoms with Gasteiger partial charge in [0.2, 0.25) is 0 Å². The van der Waals surface area contributed by atoms with Crippen molar-refractivity contribution in [2.24, 2.45) is 0 Å². The summed E-state index contributed by atoms with van der Waals surface area (Å²) in [5, 5.41) is 12.4. The number of hydrogen-bond acceptors (Lipinski definition) is 3. The van der Waals surface area contributed by atoms with Crippen molar-refractivity contribution in [1.82, 2.24) is 4.98 Å². The van der Waals surface area contributed by atoms with Gasteiger partial charge in [-0.3, -0.25) is 0 Å². The van der Waals surface area contributed by atoms with E-state index in [1.807, 2.05) is 0 Å². The topological polar surface area (TPSA) is 33.1 Å². The van der Waals surface area contributed by atoms with E-state index in [9.17, 15) is 22.7 Å². The first-order valence-corrected chi connectivity index (χ1v) is 6.61. The zero-order valence-corrected chi connectivity index (χ0v) is 11.2. The number of thiazole rings is 1. The first-order chi connectivity index (χ1) is 9.27. The van der Waals surface area contributed by atoms with Crippen LogP contribution in [-0.2, 0) is 12.6 Å². The summed E-state index contributed by atoms with van der Waals surface area (Å²) in [5.41, 5.74) is -0.433. The average Bonchev–Trinajstić information content (AvgIpc) is 2.73. The first-order valence-electron chi connectivity index (χ1n) is 5.73. The molecule has 1 N–H and O–H groups in total. The largest absolute Gasteiger partial charge is 0.419 e. The van der Waals surface area contributed by atoms with Crippen LogP contribution in [0.1, 0.15) is 27.9 Å². The standard InChI is InChI=1S/C13H11F4NOS/c1-7-6-20-12(18-7)5-11(19)8-2-3-9(10(14)4-8)13(15,16)17/h2-4,6,11,19H,5H2,1H3. The molecule has 2 rings (SSSR count). The molecule has 1 unspecified atom stereocenters. The number of rotatable bonds is 3. The molecule has 0 bridgehead atoms. The zero-order chi connectivity index (χ0) is 14.9. The Bertz CT molecular complexity index is 609. The number of hydrogen-bond donors (Lipinski definition) is 1. The molecule has 0 aliphatic heterocycles. The molecule has 0 fully saturated rings. The maximum Gasteiger partial charge on any atom is 0.419 e. The maximum absolute atomic E-state index is 13.4. The van der Waals surface area contributed by atoms with E-state index in [1.54, 1.807) is 12.3 Å². The van der Waals surface area contributed by atoms with E-state index in [0.717, 1.165) is 11.8 Å². The number of halogens is 4. The van der Waals surface area contributed by atoms with Crippen LogP contribution in [0.25, 0.3) is 0 Å². The SMILES string of the molecule is Cc1csc(CC(O)c2ccc(C(F)(F)F)c(F)c2)n1. The molecule has 2 aromatic rings. The molecule has 0 amide bonds. The minimum atomic E-state index is -4.74. The van der Waals surface area contributed by atoms with Crippen molar-refractivity contribution >= 4 is 11.3 Å². The highest BCUT2D eigenvalue weighted by Crippen LogP contribution is 2.33. The molecule has 1 aromatic heterocycles. The number of nitrogens with zero attached hydrogens (tertiary/aromatic N) is 1. The van der Waals surface area contributed by atoms with Gasteiger partial charge in [0.1, 0.15) is 5.82 Å². The summed E-state index contributed by atoms with van der Waals surface area (Å²) >= 11 is 1.34. The number of aromatic nitrogens is 1. The van der Waals surface area contributed by atoms with Gasteiger partial charge in [-0.15, -0.1) is 11.3 Å². The Hall–Kier alpha value is -1.47. The lowest BCUT2D eigenvalue weighted by Gasteiger charge is -2.12. The lowest BCUT2D eigenvalue weighted by Crippen LogP contribution is -2.10. The summed E-state index contributed by atoms with van der Waals surface area (Å²) in [4.78, 5) is 4.14. The van der Waals surface area contributed by atoms with Crippen LogP contribution in [0.3, 0.4) is 0 Å². The molecular weight excluding hydrogens is 294 g/mol. The fourth-order valence-corrected chi connectivity index (χ4v) is 2.56. The summed E-state index contributed by atoms with van der Waals surface area (Å²) in [6.45, 7) is 1.80. The van der Waals surface area contributed by atoms with Crippen LogP contribution < -0.4 is 0 Å². The molecule has 20 heavy (non-hydrogen) atoms. The fourth-order valence-electron chi connectivity index (χ4n) is 1.75. The van der Waals surface area contributed by atoms with Crippen LogP contribution in [0.15, 0.2) is 23.6 Å². The molecule has 1 heterocycles. The van der Waals surface area contributed by atoms with Gasteiger partial charge < -0.3 is 5.11 Å². The van der Waals surface area contributed by atoms with Crippen molar-refractivity contribution in [3.8, 4) is 0 Å². The summed E-state index contributed by atoms with van der Waals surface area (Å²) in [7, 11) is 0. The van der Waals surface area contributed by atoms with Crippen molar-refractivity contribution in [3.05, 3.63) is 51.2 Å². The van der Waals surface area contributed by atoms with Gasteiger partial charge in [0.05, 0.1) is 16.7 Å². The predicted octanol–water partition coefficient (Wildman–Crippen LogP) is 3.89.